The van der Waals surface area contributed by atoms with Gasteiger partial charge in [-0.3, -0.25) is 0 Å². The van der Waals surface area contributed by atoms with Crippen LogP contribution in [0.3, 0.4) is 0 Å². The van der Waals surface area contributed by atoms with Gasteiger partial charge in [0.25, 0.3) is 0 Å². The molecule has 0 aliphatic rings. The average Bonchev–Trinajstić information content (AvgIpc) is 2.65. The molecule has 100 valence electrons. The fourth-order valence-corrected chi connectivity index (χ4v) is 2.49. The van der Waals surface area contributed by atoms with Crippen LogP contribution in [-0.2, 0) is 16.0 Å². The van der Waals surface area contributed by atoms with Crippen LogP contribution >= 0.6 is 0 Å². The van der Waals surface area contributed by atoms with E-state index in [1.165, 1.54) is 18.3 Å². The van der Waals surface area contributed by atoms with E-state index in [4.69, 9.17) is 5.26 Å². The first-order chi connectivity index (χ1) is 8.66. The minimum Gasteiger partial charge on any atom is -0.224 e. The summed E-state index contributed by atoms with van der Waals surface area (Å²) in [6.45, 7) is 0. The fourth-order valence-electron chi connectivity index (χ4n) is 1.66. The number of aromatic nitrogens is 2. The minimum absolute atomic E-state index is 0.197. The number of nitriles is 1. The number of benzene rings is 1. The van der Waals surface area contributed by atoms with Crippen LogP contribution in [0.15, 0.2) is 23.1 Å². The zero-order valence-corrected chi connectivity index (χ0v) is 10.2. The van der Waals surface area contributed by atoms with E-state index in [0.717, 1.165) is 12.3 Å². The lowest BCUT2D eigenvalue weighted by Gasteiger charge is -2.02. The molecule has 2 aromatic rings. The van der Waals surface area contributed by atoms with Crippen molar-refractivity contribution in [2.75, 3.05) is 6.26 Å². The van der Waals surface area contributed by atoms with Crippen LogP contribution in [0.25, 0.3) is 11.0 Å². The van der Waals surface area contributed by atoms with Crippen molar-refractivity contribution >= 4 is 20.9 Å². The molecule has 0 saturated heterocycles. The molecule has 0 spiro atoms. The zero-order valence-electron chi connectivity index (χ0n) is 9.43. The van der Waals surface area contributed by atoms with Crippen molar-refractivity contribution in [3.8, 4) is 6.19 Å². The summed E-state index contributed by atoms with van der Waals surface area (Å²) < 4.78 is 61.4. The standard InChI is InChI=1S/C10H6F3N3O2S/c1-19(17,18)7-4-2-3-6-8(7)15-9(10(11,12)13)16(6)5-14/h2-4H,1H3. The van der Waals surface area contributed by atoms with Gasteiger partial charge in [0.2, 0.25) is 5.82 Å². The Labute approximate surface area is 105 Å². The molecular formula is C10H6F3N3O2S. The van der Waals surface area contributed by atoms with E-state index in [9.17, 15) is 21.6 Å². The number of hydrogen-bond donors (Lipinski definition) is 0. The molecule has 0 amide bonds. The number of imidazole rings is 1. The molecule has 1 aromatic carbocycles. The summed E-state index contributed by atoms with van der Waals surface area (Å²) >= 11 is 0. The number of halogens is 3. The van der Waals surface area contributed by atoms with E-state index in [1.807, 2.05) is 0 Å². The van der Waals surface area contributed by atoms with Crippen molar-refractivity contribution in [3.63, 3.8) is 0 Å². The van der Waals surface area contributed by atoms with Gasteiger partial charge < -0.3 is 0 Å². The van der Waals surface area contributed by atoms with Crippen molar-refractivity contribution in [1.82, 2.24) is 9.55 Å². The van der Waals surface area contributed by atoms with Crippen molar-refractivity contribution < 1.29 is 21.6 Å². The third-order valence-electron chi connectivity index (χ3n) is 2.40. The van der Waals surface area contributed by atoms with Crippen LogP contribution in [0, 0.1) is 11.5 Å². The van der Waals surface area contributed by atoms with Gasteiger partial charge in [0.15, 0.2) is 16.0 Å². The van der Waals surface area contributed by atoms with Crippen molar-refractivity contribution in [3.05, 3.63) is 24.0 Å². The van der Waals surface area contributed by atoms with Crippen molar-refractivity contribution in [2.24, 2.45) is 0 Å². The highest BCUT2D eigenvalue weighted by Gasteiger charge is 2.38. The molecule has 1 aromatic heterocycles. The lowest BCUT2D eigenvalue weighted by Crippen LogP contribution is -2.12. The summed E-state index contributed by atoms with van der Waals surface area (Å²) in [5, 5.41) is 8.79. The van der Waals surface area contributed by atoms with Gasteiger partial charge in [-0.25, -0.2) is 18.0 Å². The molecule has 1 heterocycles. The van der Waals surface area contributed by atoms with E-state index in [0.29, 0.717) is 0 Å². The molecule has 0 saturated carbocycles. The Morgan fingerprint density at radius 1 is 1.37 bits per heavy atom. The first-order valence-corrected chi connectivity index (χ1v) is 6.74. The molecule has 0 radical (unpaired) electrons. The second-order valence-electron chi connectivity index (χ2n) is 3.76. The number of alkyl halides is 3. The number of para-hydroxylation sites is 1. The summed E-state index contributed by atoms with van der Waals surface area (Å²) in [5.74, 6) is -1.44. The normalized spacial score (nSPS) is 12.6. The van der Waals surface area contributed by atoms with Crippen LogP contribution in [-0.4, -0.2) is 24.2 Å². The first kappa shape index (κ1) is 13.4. The van der Waals surface area contributed by atoms with E-state index >= 15 is 0 Å². The monoisotopic (exact) mass is 289 g/mol. The van der Waals surface area contributed by atoms with E-state index in [2.05, 4.69) is 4.98 Å². The van der Waals surface area contributed by atoms with Gasteiger partial charge in [-0.1, -0.05) is 6.07 Å². The van der Waals surface area contributed by atoms with Gasteiger partial charge in [-0.2, -0.15) is 18.4 Å². The number of rotatable bonds is 1. The molecule has 9 heteroatoms. The van der Waals surface area contributed by atoms with Gasteiger partial charge in [0.1, 0.15) is 5.52 Å². The average molecular weight is 289 g/mol. The lowest BCUT2D eigenvalue weighted by atomic mass is 10.3. The maximum Gasteiger partial charge on any atom is 0.450 e. The predicted octanol–water partition coefficient (Wildman–Crippen LogP) is 1.79. The van der Waals surface area contributed by atoms with Gasteiger partial charge in [0.05, 0.1) is 10.4 Å². The third kappa shape index (κ3) is 2.15. The molecule has 2 rings (SSSR count). The largest absolute Gasteiger partial charge is 0.450 e. The van der Waals surface area contributed by atoms with Crippen LogP contribution in [0.5, 0.6) is 0 Å². The number of sulfone groups is 1. The summed E-state index contributed by atoms with van der Waals surface area (Å²) in [6.07, 6.45) is -2.64. The van der Waals surface area contributed by atoms with Crippen LogP contribution in [0.4, 0.5) is 13.2 Å². The van der Waals surface area contributed by atoms with E-state index in [1.54, 1.807) is 0 Å². The molecule has 0 bridgehead atoms. The SMILES string of the molecule is CS(=O)(=O)c1cccc2c1nc(C(F)(F)F)n2C#N. The van der Waals surface area contributed by atoms with Crippen LogP contribution in [0.2, 0.25) is 0 Å². The summed E-state index contributed by atoms with van der Waals surface area (Å²) in [4.78, 5) is 2.91. The van der Waals surface area contributed by atoms with Crippen molar-refractivity contribution in [1.29, 1.82) is 5.26 Å². The van der Waals surface area contributed by atoms with Gasteiger partial charge in [0, 0.05) is 6.26 Å². The summed E-state index contributed by atoms with van der Waals surface area (Å²) in [5.41, 5.74) is -0.559. The van der Waals surface area contributed by atoms with E-state index < -0.39 is 21.8 Å². The summed E-state index contributed by atoms with van der Waals surface area (Å²) in [7, 11) is -3.74. The fraction of sp³-hybridized carbons (Fsp3) is 0.200. The zero-order chi connectivity index (χ0) is 14.4. The van der Waals surface area contributed by atoms with E-state index in [-0.39, 0.29) is 20.5 Å². The molecule has 5 nitrogen and oxygen atoms in total. The molecule has 0 fully saturated rings. The highest BCUT2D eigenvalue weighted by atomic mass is 32.2. The maximum absolute atomic E-state index is 12.7. The Balaban J connectivity index is 2.97. The molecule has 0 atom stereocenters. The second kappa shape index (κ2) is 3.96. The predicted molar refractivity (Wildman–Crippen MR) is 58.9 cm³/mol. The molecule has 0 unspecified atom stereocenters. The van der Waals surface area contributed by atoms with Gasteiger partial charge in [-0.05, 0) is 12.1 Å². The Kier molecular flexibility index (Phi) is 2.78. The quantitative estimate of drug-likeness (QED) is 0.802. The Morgan fingerprint density at radius 2 is 2.00 bits per heavy atom. The Bertz CT molecular complexity index is 800. The number of hydrogen-bond acceptors (Lipinski definition) is 4. The topological polar surface area (TPSA) is 75.8 Å². The smallest absolute Gasteiger partial charge is 0.224 e. The molecule has 0 aliphatic carbocycles. The van der Waals surface area contributed by atoms with Crippen molar-refractivity contribution in [2.45, 2.75) is 11.1 Å². The third-order valence-corrected chi connectivity index (χ3v) is 3.53. The Hall–Kier alpha value is -2.08. The molecule has 0 aliphatic heterocycles. The van der Waals surface area contributed by atoms with Gasteiger partial charge in [-0.15, -0.1) is 0 Å². The highest BCUT2D eigenvalue weighted by molar-refractivity contribution is 7.91. The minimum atomic E-state index is -4.84. The lowest BCUT2D eigenvalue weighted by molar-refractivity contribution is -0.145. The molecule has 0 N–H and O–H groups in total. The number of nitrogens with zero attached hydrogens (tertiary/aromatic N) is 3. The van der Waals surface area contributed by atoms with Crippen LogP contribution < -0.4 is 0 Å². The van der Waals surface area contributed by atoms with Crippen LogP contribution in [0.1, 0.15) is 5.82 Å². The molecule has 19 heavy (non-hydrogen) atoms. The van der Waals surface area contributed by atoms with Gasteiger partial charge >= 0.3 is 6.18 Å². The first-order valence-electron chi connectivity index (χ1n) is 4.85. The summed E-state index contributed by atoms with van der Waals surface area (Å²) in [6, 6.07) is 3.61. The maximum atomic E-state index is 12.7. The number of fused-ring (bicyclic) bond motifs is 1. The Morgan fingerprint density at radius 3 is 2.47 bits per heavy atom. The molecular weight excluding hydrogens is 283 g/mol. The highest BCUT2D eigenvalue weighted by Crippen LogP contribution is 2.32. The second-order valence-corrected chi connectivity index (χ2v) is 5.75.